The van der Waals surface area contributed by atoms with Crippen molar-refractivity contribution in [3.63, 3.8) is 0 Å². The second kappa shape index (κ2) is 7.61. The fourth-order valence-corrected chi connectivity index (χ4v) is 5.23. The second-order valence-corrected chi connectivity index (χ2v) is 8.76. The fourth-order valence-electron chi connectivity index (χ4n) is 2.38. The van der Waals surface area contributed by atoms with Crippen LogP contribution < -0.4 is 5.32 Å². The van der Waals surface area contributed by atoms with E-state index in [9.17, 15) is 17.6 Å². The molecule has 1 aliphatic heterocycles. The molecule has 1 N–H and O–H groups in total. The summed E-state index contributed by atoms with van der Waals surface area (Å²) in [4.78, 5) is 12.7. The molecule has 6 nitrogen and oxygen atoms in total. The Morgan fingerprint density at radius 1 is 1.16 bits per heavy atom. The zero-order chi connectivity index (χ0) is 17.9. The first-order valence-electron chi connectivity index (χ1n) is 7.67. The van der Waals surface area contributed by atoms with Gasteiger partial charge in [-0.15, -0.1) is 11.3 Å². The average Bonchev–Trinajstić information content (AvgIpc) is 3.11. The lowest BCUT2D eigenvalue weighted by Crippen LogP contribution is -2.40. The van der Waals surface area contributed by atoms with Gasteiger partial charge in [-0.25, -0.2) is 12.8 Å². The number of hydrogen-bond donors (Lipinski definition) is 1. The molecular weight excluding hydrogens is 367 g/mol. The van der Waals surface area contributed by atoms with Crippen LogP contribution in [0.5, 0.6) is 0 Å². The number of thiophene rings is 1. The molecule has 1 aliphatic rings. The third-order valence-electron chi connectivity index (χ3n) is 3.73. The molecular formula is C16H17FN2O4S2. The summed E-state index contributed by atoms with van der Waals surface area (Å²) >= 11 is 1.13. The van der Waals surface area contributed by atoms with Gasteiger partial charge in [0.1, 0.15) is 10.0 Å². The van der Waals surface area contributed by atoms with Crippen molar-refractivity contribution in [3.8, 4) is 0 Å². The van der Waals surface area contributed by atoms with Crippen molar-refractivity contribution in [2.24, 2.45) is 0 Å². The van der Waals surface area contributed by atoms with E-state index < -0.39 is 15.8 Å². The predicted octanol–water partition coefficient (Wildman–Crippen LogP) is 1.84. The molecule has 0 bridgehead atoms. The minimum absolute atomic E-state index is 0.208. The van der Waals surface area contributed by atoms with Gasteiger partial charge >= 0.3 is 0 Å². The number of benzene rings is 1. The molecule has 0 saturated carbocycles. The number of hydrogen-bond acceptors (Lipinski definition) is 5. The number of amides is 1. The monoisotopic (exact) mass is 384 g/mol. The van der Waals surface area contributed by atoms with Crippen LogP contribution in [0.4, 0.5) is 4.39 Å². The first-order valence-corrected chi connectivity index (χ1v) is 9.93. The van der Waals surface area contributed by atoms with Crippen molar-refractivity contribution in [1.29, 1.82) is 0 Å². The SMILES string of the molecule is O=C(NCc1ccc(S(=O)(=O)N2CCOCC2)s1)c1ccc(F)cc1. The molecule has 0 unspecified atom stereocenters. The van der Waals surface area contributed by atoms with Crippen molar-refractivity contribution < 1.29 is 22.3 Å². The van der Waals surface area contributed by atoms with Crippen molar-refractivity contribution in [1.82, 2.24) is 9.62 Å². The van der Waals surface area contributed by atoms with Gasteiger partial charge in [-0.05, 0) is 36.4 Å². The van der Waals surface area contributed by atoms with Crippen LogP contribution in [0, 0.1) is 5.82 Å². The van der Waals surface area contributed by atoms with E-state index in [4.69, 9.17) is 4.74 Å². The normalized spacial score (nSPS) is 15.9. The van der Waals surface area contributed by atoms with Crippen LogP contribution >= 0.6 is 11.3 Å². The average molecular weight is 384 g/mol. The van der Waals surface area contributed by atoms with E-state index in [1.807, 2.05) is 0 Å². The van der Waals surface area contributed by atoms with Gasteiger partial charge in [-0.2, -0.15) is 4.31 Å². The summed E-state index contributed by atoms with van der Waals surface area (Å²) in [6.45, 7) is 1.68. The van der Waals surface area contributed by atoms with E-state index in [-0.39, 0.29) is 16.7 Å². The van der Waals surface area contributed by atoms with E-state index in [1.165, 1.54) is 28.6 Å². The molecule has 1 aromatic carbocycles. The topological polar surface area (TPSA) is 75.7 Å². The van der Waals surface area contributed by atoms with Gasteiger partial charge in [-0.1, -0.05) is 0 Å². The Bertz CT molecular complexity index is 843. The maximum atomic E-state index is 12.9. The number of rotatable bonds is 5. The summed E-state index contributed by atoms with van der Waals surface area (Å²) in [6, 6.07) is 8.46. The molecule has 25 heavy (non-hydrogen) atoms. The van der Waals surface area contributed by atoms with Gasteiger partial charge in [0.2, 0.25) is 0 Å². The molecule has 1 amide bonds. The van der Waals surface area contributed by atoms with Crippen molar-refractivity contribution in [2.45, 2.75) is 10.8 Å². The Morgan fingerprint density at radius 3 is 2.52 bits per heavy atom. The summed E-state index contributed by atoms with van der Waals surface area (Å²) in [5.74, 6) is -0.751. The number of carbonyl (C=O) groups is 1. The molecule has 1 aromatic heterocycles. The van der Waals surface area contributed by atoms with E-state index in [1.54, 1.807) is 12.1 Å². The molecule has 2 heterocycles. The smallest absolute Gasteiger partial charge is 0.252 e. The van der Waals surface area contributed by atoms with Crippen LogP contribution in [0.3, 0.4) is 0 Å². The molecule has 134 valence electrons. The van der Waals surface area contributed by atoms with Crippen LogP contribution in [0.1, 0.15) is 15.2 Å². The number of halogens is 1. The van der Waals surface area contributed by atoms with Crippen molar-refractivity contribution in [3.05, 3.63) is 52.7 Å². The summed E-state index contributed by atoms with van der Waals surface area (Å²) in [5, 5.41) is 2.70. The number of sulfonamides is 1. The molecule has 1 saturated heterocycles. The fraction of sp³-hybridized carbons (Fsp3) is 0.312. The van der Waals surface area contributed by atoms with Crippen LogP contribution in [-0.4, -0.2) is 44.9 Å². The van der Waals surface area contributed by atoms with Crippen molar-refractivity contribution >= 4 is 27.3 Å². The number of morpholine rings is 1. The molecule has 0 aliphatic carbocycles. The standard InChI is InChI=1S/C16H17FN2O4S2/c17-13-3-1-12(2-4-13)16(20)18-11-14-5-6-15(24-14)25(21,22)19-7-9-23-10-8-19/h1-6H,7-11H2,(H,18,20). The Labute approximate surface area is 149 Å². The third kappa shape index (κ3) is 4.24. The van der Waals surface area contributed by atoms with Gasteiger partial charge in [-0.3, -0.25) is 4.79 Å². The van der Waals surface area contributed by atoms with E-state index >= 15 is 0 Å². The Balaban J connectivity index is 1.63. The minimum atomic E-state index is -3.52. The Kier molecular flexibility index (Phi) is 5.48. The number of carbonyl (C=O) groups excluding carboxylic acids is 1. The van der Waals surface area contributed by atoms with Gasteiger partial charge in [0.05, 0.1) is 19.8 Å². The third-order valence-corrected chi connectivity index (χ3v) is 7.18. The molecule has 1 fully saturated rings. The van der Waals surface area contributed by atoms with Gasteiger partial charge in [0.15, 0.2) is 0 Å². The highest BCUT2D eigenvalue weighted by atomic mass is 32.2. The predicted molar refractivity (Wildman–Crippen MR) is 91.5 cm³/mol. The first-order chi connectivity index (χ1) is 12.0. The molecule has 9 heteroatoms. The summed E-state index contributed by atoms with van der Waals surface area (Å²) < 4.78 is 44.8. The highest BCUT2D eigenvalue weighted by Gasteiger charge is 2.27. The zero-order valence-electron chi connectivity index (χ0n) is 13.3. The summed E-state index contributed by atoms with van der Waals surface area (Å²) in [7, 11) is -3.52. The summed E-state index contributed by atoms with van der Waals surface area (Å²) in [6.07, 6.45) is 0. The van der Waals surface area contributed by atoms with E-state index in [0.717, 1.165) is 16.2 Å². The summed E-state index contributed by atoms with van der Waals surface area (Å²) in [5.41, 5.74) is 0.346. The Morgan fingerprint density at radius 2 is 1.84 bits per heavy atom. The number of ether oxygens (including phenoxy) is 1. The minimum Gasteiger partial charge on any atom is -0.379 e. The number of nitrogens with zero attached hydrogens (tertiary/aromatic N) is 1. The molecule has 2 aromatic rings. The largest absolute Gasteiger partial charge is 0.379 e. The molecule has 0 atom stereocenters. The quantitative estimate of drug-likeness (QED) is 0.854. The van der Waals surface area contributed by atoms with Crippen molar-refractivity contribution in [2.75, 3.05) is 26.3 Å². The highest BCUT2D eigenvalue weighted by molar-refractivity contribution is 7.91. The van der Waals surface area contributed by atoms with E-state index in [2.05, 4.69) is 5.32 Å². The van der Waals surface area contributed by atoms with Gasteiger partial charge in [0, 0.05) is 23.5 Å². The first kappa shape index (κ1) is 18.0. The lowest BCUT2D eigenvalue weighted by atomic mass is 10.2. The maximum absolute atomic E-state index is 12.9. The lowest BCUT2D eigenvalue weighted by molar-refractivity contribution is 0.0731. The van der Waals surface area contributed by atoms with E-state index in [0.29, 0.717) is 31.9 Å². The molecule has 0 spiro atoms. The molecule has 0 radical (unpaired) electrons. The Hall–Kier alpha value is -1.81. The van der Waals surface area contributed by atoms with Crippen LogP contribution in [0.25, 0.3) is 0 Å². The van der Waals surface area contributed by atoms with Gasteiger partial charge in [0.25, 0.3) is 15.9 Å². The number of nitrogens with one attached hydrogen (secondary N) is 1. The lowest BCUT2D eigenvalue weighted by Gasteiger charge is -2.25. The maximum Gasteiger partial charge on any atom is 0.252 e. The van der Waals surface area contributed by atoms with Crippen LogP contribution in [-0.2, 0) is 21.3 Å². The highest BCUT2D eigenvalue weighted by Crippen LogP contribution is 2.25. The van der Waals surface area contributed by atoms with Crippen LogP contribution in [0.15, 0.2) is 40.6 Å². The second-order valence-electron chi connectivity index (χ2n) is 5.43. The zero-order valence-corrected chi connectivity index (χ0v) is 14.9. The van der Waals surface area contributed by atoms with Gasteiger partial charge < -0.3 is 10.1 Å². The molecule has 3 rings (SSSR count). The van der Waals surface area contributed by atoms with Crippen LogP contribution in [0.2, 0.25) is 0 Å².